The Bertz CT molecular complexity index is 363. The van der Waals surface area contributed by atoms with Crippen molar-refractivity contribution in [3.05, 3.63) is 0 Å². The molecule has 2 fully saturated rings. The summed E-state index contributed by atoms with van der Waals surface area (Å²) in [4.78, 5) is 0. The van der Waals surface area contributed by atoms with Crippen molar-refractivity contribution >= 4 is 22.6 Å². The van der Waals surface area contributed by atoms with Gasteiger partial charge in [0.05, 0.1) is 0 Å². The van der Waals surface area contributed by atoms with Crippen LogP contribution < -0.4 is 5.73 Å². The van der Waals surface area contributed by atoms with E-state index in [4.69, 9.17) is 5.73 Å². The predicted octanol–water partition coefficient (Wildman–Crippen LogP) is 0.950. The Morgan fingerprint density at radius 3 is 2.44 bits per heavy atom. The van der Waals surface area contributed by atoms with Crippen LogP contribution in [0.5, 0.6) is 0 Å². The van der Waals surface area contributed by atoms with E-state index in [1.54, 1.807) is 8.61 Å². The van der Waals surface area contributed by atoms with Gasteiger partial charge in [0.1, 0.15) is 0 Å². The van der Waals surface area contributed by atoms with Crippen LogP contribution in [0.3, 0.4) is 0 Å². The van der Waals surface area contributed by atoms with Gasteiger partial charge in [-0.2, -0.15) is 17.0 Å². The molecule has 0 radical (unpaired) electrons. The highest BCUT2D eigenvalue weighted by Gasteiger charge is 2.36. The van der Waals surface area contributed by atoms with Crippen LogP contribution in [-0.2, 0) is 10.2 Å². The molecule has 2 heterocycles. The number of nitrogens with two attached hydrogens (primary N) is 1. The maximum atomic E-state index is 12.5. The Kier molecular flexibility index (Phi) is 5.86. The van der Waals surface area contributed by atoms with Gasteiger partial charge in [-0.25, -0.2) is 0 Å². The maximum Gasteiger partial charge on any atom is 0.282 e. The van der Waals surface area contributed by atoms with E-state index in [9.17, 15) is 8.42 Å². The minimum absolute atomic E-state index is 0. The molecule has 2 aliphatic heterocycles. The van der Waals surface area contributed by atoms with E-state index in [1.807, 2.05) is 6.92 Å². The van der Waals surface area contributed by atoms with Gasteiger partial charge in [-0.05, 0) is 32.6 Å². The lowest BCUT2D eigenvalue weighted by atomic mass is 10.1. The fourth-order valence-corrected chi connectivity index (χ4v) is 4.70. The predicted molar refractivity (Wildman–Crippen MR) is 75.0 cm³/mol. The molecule has 0 aromatic rings. The van der Waals surface area contributed by atoms with Crippen molar-refractivity contribution < 1.29 is 8.42 Å². The molecule has 2 atom stereocenters. The summed E-state index contributed by atoms with van der Waals surface area (Å²) >= 11 is 0. The number of rotatable bonds is 2. The van der Waals surface area contributed by atoms with E-state index < -0.39 is 10.2 Å². The molecule has 0 saturated carbocycles. The molecule has 0 bridgehead atoms. The second-order valence-electron chi connectivity index (χ2n) is 5.22. The van der Waals surface area contributed by atoms with Crippen LogP contribution in [0.25, 0.3) is 0 Å². The van der Waals surface area contributed by atoms with Crippen molar-refractivity contribution in [1.29, 1.82) is 0 Å². The molecule has 2 aliphatic rings. The van der Waals surface area contributed by atoms with Crippen molar-refractivity contribution in [2.75, 3.05) is 19.6 Å². The molecule has 18 heavy (non-hydrogen) atoms. The summed E-state index contributed by atoms with van der Waals surface area (Å²) in [7, 11) is -3.28. The molecule has 0 aliphatic carbocycles. The monoisotopic (exact) mass is 297 g/mol. The summed E-state index contributed by atoms with van der Waals surface area (Å²) in [6.07, 6.45) is 4.89. The molecular weight excluding hydrogens is 274 g/mol. The van der Waals surface area contributed by atoms with Gasteiger partial charge in [-0.3, -0.25) is 0 Å². The second kappa shape index (κ2) is 6.52. The minimum Gasteiger partial charge on any atom is -0.327 e. The lowest BCUT2D eigenvalue weighted by Crippen LogP contribution is -2.54. The van der Waals surface area contributed by atoms with Crippen molar-refractivity contribution in [3.63, 3.8) is 0 Å². The Labute approximate surface area is 116 Å². The Balaban J connectivity index is 0.00000162. The summed E-state index contributed by atoms with van der Waals surface area (Å²) in [6.45, 7) is 3.76. The van der Waals surface area contributed by atoms with Crippen LogP contribution >= 0.6 is 12.4 Å². The van der Waals surface area contributed by atoms with Gasteiger partial charge >= 0.3 is 0 Å². The highest BCUT2D eigenvalue weighted by molar-refractivity contribution is 7.86. The fourth-order valence-electron chi connectivity index (χ4n) is 2.75. The first-order valence-electron chi connectivity index (χ1n) is 6.54. The lowest BCUT2D eigenvalue weighted by molar-refractivity contribution is 0.229. The maximum absolute atomic E-state index is 12.5. The van der Waals surface area contributed by atoms with Gasteiger partial charge in [0.15, 0.2) is 0 Å². The minimum atomic E-state index is -3.28. The molecule has 0 spiro atoms. The van der Waals surface area contributed by atoms with E-state index in [0.29, 0.717) is 19.6 Å². The highest BCUT2D eigenvalue weighted by Crippen LogP contribution is 2.24. The van der Waals surface area contributed by atoms with Gasteiger partial charge in [0.25, 0.3) is 10.2 Å². The van der Waals surface area contributed by atoms with E-state index in [-0.39, 0.29) is 24.5 Å². The highest BCUT2D eigenvalue weighted by atomic mass is 35.5. The number of nitrogens with zero attached hydrogens (tertiary/aromatic N) is 2. The van der Waals surface area contributed by atoms with Gasteiger partial charge < -0.3 is 5.73 Å². The summed E-state index contributed by atoms with van der Waals surface area (Å²) < 4.78 is 28.2. The molecular formula is C11H24ClN3O2S. The van der Waals surface area contributed by atoms with Crippen LogP contribution in [0.1, 0.15) is 39.0 Å². The van der Waals surface area contributed by atoms with E-state index in [0.717, 1.165) is 32.1 Å². The molecule has 0 amide bonds. The molecule has 0 aromatic heterocycles. The normalized spacial score (nSPS) is 31.9. The summed E-state index contributed by atoms with van der Waals surface area (Å²) in [5, 5.41) is 0. The Morgan fingerprint density at radius 2 is 1.83 bits per heavy atom. The zero-order valence-corrected chi connectivity index (χ0v) is 12.5. The quantitative estimate of drug-likeness (QED) is 0.825. The van der Waals surface area contributed by atoms with E-state index in [2.05, 4.69) is 0 Å². The van der Waals surface area contributed by atoms with E-state index >= 15 is 0 Å². The average molecular weight is 298 g/mol. The number of halogens is 1. The van der Waals surface area contributed by atoms with Gasteiger partial charge in [0.2, 0.25) is 0 Å². The third-order valence-corrected chi connectivity index (χ3v) is 5.90. The molecule has 5 nitrogen and oxygen atoms in total. The molecule has 0 aromatic carbocycles. The van der Waals surface area contributed by atoms with Crippen LogP contribution in [-0.4, -0.2) is 48.7 Å². The average Bonchev–Trinajstić information content (AvgIpc) is 2.29. The van der Waals surface area contributed by atoms with E-state index in [1.165, 1.54) is 0 Å². The Morgan fingerprint density at radius 1 is 1.11 bits per heavy atom. The zero-order chi connectivity index (χ0) is 12.5. The van der Waals surface area contributed by atoms with Crippen LogP contribution in [0.2, 0.25) is 0 Å². The number of piperidine rings is 2. The molecule has 2 N–H and O–H groups in total. The van der Waals surface area contributed by atoms with Crippen molar-refractivity contribution in [2.24, 2.45) is 5.73 Å². The van der Waals surface area contributed by atoms with Gasteiger partial charge in [-0.15, -0.1) is 12.4 Å². The SMILES string of the molecule is CC1CCCCN1S(=O)(=O)N1CCCC(N)C1.Cl. The zero-order valence-electron chi connectivity index (χ0n) is 10.9. The first-order chi connectivity index (χ1) is 8.01. The third kappa shape index (κ3) is 3.36. The molecule has 2 unspecified atom stereocenters. The number of hydrogen-bond acceptors (Lipinski definition) is 3. The fraction of sp³-hybridized carbons (Fsp3) is 1.00. The molecule has 2 saturated heterocycles. The molecule has 2 rings (SSSR count). The standard InChI is InChI=1S/C11H23N3O2S.ClH/c1-10-5-2-3-8-14(10)17(15,16)13-7-4-6-11(12)9-13;/h10-11H,2-9,12H2,1H3;1H. The topological polar surface area (TPSA) is 66.6 Å². The lowest BCUT2D eigenvalue weighted by Gasteiger charge is -2.38. The summed E-state index contributed by atoms with van der Waals surface area (Å²) in [5.41, 5.74) is 5.86. The van der Waals surface area contributed by atoms with Crippen molar-refractivity contribution in [3.8, 4) is 0 Å². The van der Waals surface area contributed by atoms with Crippen LogP contribution in [0.4, 0.5) is 0 Å². The summed E-state index contributed by atoms with van der Waals surface area (Å²) in [6, 6.07) is 0.130. The first-order valence-corrected chi connectivity index (χ1v) is 7.94. The van der Waals surface area contributed by atoms with Crippen LogP contribution in [0, 0.1) is 0 Å². The third-order valence-electron chi connectivity index (χ3n) is 3.79. The van der Waals surface area contributed by atoms with Gasteiger partial charge in [0, 0.05) is 31.7 Å². The molecule has 108 valence electrons. The largest absolute Gasteiger partial charge is 0.327 e. The number of hydrogen-bond donors (Lipinski definition) is 1. The van der Waals surface area contributed by atoms with Crippen molar-refractivity contribution in [2.45, 2.75) is 51.1 Å². The van der Waals surface area contributed by atoms with Gasteiger partial charge in [-0.1, -0.05) is 6.42 Å². The smallest absolute Gasteiger partial charge is 0.282 e. The molecule has 7 heteroatoms. The van der Waals surface area contributed by atoms with Crippen molar-refractivity contribution in [1.82, 2.24) is 8.61 Å². The van der Waals surface area contributed by atoms with Crippen LogP contribution in [0.15, 0.2) is 0 Å². The first kappa shape index (κ1) is 16.2. The Hall–Kier alpha value is 0.120. The summed E-state index contributed by atoms with van der Waals surface area (Å²) in [5.74, 6) is 0. The second-order valence-corrected chi connectivity index (χ2v) is 7.10.